The monoisotopic (exact) mass is 493 g/mol. The topological polar surface area (TPSA) is 79.0 Å². The van der Waals surface area contributed by atoms with Crippen LogP contribution in [-0.2, 0) is 32.6 Å². The van der Waals surface area contributed by atoms with Crippen molar-refractivity contribution in [2.75, 3.05) is 36.9 Å². The maximum absolute atomic E-state index is 13.1. The van der Waals surface area contributed by atoms with Crippen LogP contribution in [0.15, 0.2) is 42.5 Å². The first-order valence-electron chi connectivity index (χ1n) is 11.1. The van der Waals surface area contributed by atoms with Gasteiger partial charge < -0.3 is 10.1 Å². The molecule has 0 aromatic heterocycles. The minimum atomic E-state index is -3.71. The van der Waals surface area contributed by atoms with Gasteiger partial charge in [0, 0.05) is 31.2 Å². The molecule has 1 saturated heterocycles. The molecule has 0 bridgehead atoms. The molecule has 1 aliphatic rings. The summed E-state index contributed by atoms with van der Waals surface area (Å²) in [5.41, 5.74) is 3.35. The lowest BCUT2D eigenvalue weighted by molar-refractivity contribution is -0.122. The number of morpholine rings is 1. The number of benzene rings is 2. The molecule has 1 amide bonds. The van der Waals surface area contributed by atoms with Crippen molar-refractivity contribution in [3.05, 3.63) is 64.2 Å². The number of nitrogens with zero attached hydrogens (tertiary/aromatic N) is 2. The van der Waals surface area contributed by atoms with Gasteiger partial charge in [-0.25, -0.2) is 8.42 Å². The number of rotatable bonds is 9. The maximum Gasteiger partial charge on any atom is 0.244 e. The van der Waals surface area contributed by atoms with E-state index in [1.807, 2.05) is 19.1 Å². The first kappa shape index (κ1) is 25.5. The number of halogens is 1. The third-order valence-electron chi connectivity index (χ3n) is 5.71. The van der Waals surface area contributed by atoms with Gasteiger partial charge in [-0.1, -0.05) is 48.9 Å². The van der Waals surface area contributed by atoms with E-state index in [1.165, 1.54) is 5.56 Å². The Labute approximate surface area is 201 Å². The highest BCUT2D eigenvalue weighted by Gasteiger charge is 2.31. The van der Waals surface area contributed by atoms with Crippen LogP contribution < -0.4 is 9.62 Å². The second-order valence-electron chi connectivity index (χ2n) is 8.34. The standard InChI is InChI=1S/C24H32ClN3O4S/c1-4-23(28(33(3,30)31)21-9-8-18(2)22(25)15-21)24(29)26-16-19-6-5-7-20(14-19)17-27-10-12-32-13-11-27/h5-9,14-15,23H,4,10-13,16-17H2,1-3H3,(H,26,29)/t23-/m0/s1. The van der Waals surface area contributed by atoms with Gasteiger partial charge in [0.15, 0.2) is 0 Å². The Morgan fingerprint density at radius 3 is 2.52 bits per heavy atom. The molecule has 2 aromatic rings. The Morgan fingerprint density at radius 2 is 1.88 bits per heavy atom. The summed E-state index contributed by atoms with van der Waals surface area (Å²) in [4.78, 5) is 15.4. The van der Waals surface area contributed by atoms with Crippen LogP contribution in [0, 0.1) is 6.92 Å². The van der Waals surface area contributed by atoms with Crippen LogP contribution in [0.2, 0.25) is 5.02 Å². The zero-order valence-electron chi connectivity index (χ0n) is 19.4. The van der Waals surface area contributed by atoms with E-state index < -0.39 is 16.1 Å². The Balaban J connectivity index is 1.71. The van der Waals surface area contributed by atoms with Crippen LogP contribution in [0.3, 0.4) is 0 Å². The van der Waals surface area contributed by atoms with Crippen molar-refractivity contribution in [1.29, 1.82) is 0 Å². The molecular weight excluding hydrogens is 462 g/mol. The molecule has 0 saturated carbocycles. The normalized spacial score (nSPS) is 15.8. The van der Waals surface area contributed by atoms with Crippen molar-refractivity contribution in [2.45, 2.75) is 39.4 Å². The molecule has 1 N–H and O–H groups in total. The number of ether oxygens (including phenoxy) is 1. The van der Waals surface area contributed by atoms with Gasteiger partial charge in [0.1, 0.15) is 6.04 Å². The van der Waals surface area contributed by atoms with E-state index in [0.717, 1.165) is 54.5 Å². The zero-order chi connectivity index (χ0) is 24.0. The lowest BCUT2D eigenvalue weighted by atomic mass is 10.1. The van der Waals surface area contributed by atoms with Gasteiger partial charge in [0.25, 0.3) is 0 Å². The molecule has 1 fully saturated rings. The third-order valence-corrected chi connectivity index (χ3v) is 7.29. The van der Waals surface area contributed by atoms with Crippen LogP contribution >= 0.6 is 11.6 Å². The molecule has 1 heterocycles. The van der Waals surface area contributed by atoms with E-state index in [9.17, 15) is 13.2 Å². The lowest BCUT2D eigenvalue weighted by Gasteiger charge is -2.30. The van der Waals surface area contributed by atoms with Crippen molar-refractivity contribution in [2.24, 2.45) is 0 Å². The average Bonchev–Trinajstić information content (AvgIpc) is 2.78. The SMILES string of the molecule is CC[C@@H](C(=O)NCc1cccc(CN2CCOCC2)c1)N(c1ccc(C)c(Cl)c1)S(C)(=O)=O. The number of aryl methyl sites for hydroxylation is 1. The molecule has 1 aliphatic heterocycles. The average molecular weight is 494 g/mol. The van der Waals surface area contributed by atoms with Gasteiger partial charge in [-0.05, 0) is 42.2 Å². The molecule has 0 aliphatic carbocycles. The molecule has 180 valence electrons. The second kappa shape index (κ2) is 11.3. The van der Waals surface area contributed by atoms with Crippen LogP contribution in [0.4, 0.5) is 5.69 Å². The van der Waals surface area contributed by atoms with Gasteiger partial charge in [-0.2, -0.15) is 0 Å². The summed E-state index contributed by atoms with van der Waals surface area (Å²) < 4.78 is 31.8. The zero-order valence-corrected chi connectivity index (χ0v) is 21.0. The molecular formula is C24H32ClN3O4S. The van der Waals surface area contributed by atoms with Crippen LogP contribution in [-0.4, -0.2) is 57.8 Å². The summed E-state index contributed by atoms with van der Waals surface area (Å²) in [7, 11) is -3.71. The van der Waals surface area contributed by atoms with Crippen molar-refractivity contribution < 1.29 is 17.9 Å². The highest BCUT2D eigenvalue weighted by Crippen LogP contribution is 2.27. The van der Waals surface area contributed by atoms with Gasteiger partial charge in [0.2, 0.25) is 15.9 Å². The molecule has 0 radical (unpaired) electrons. The molecule has 0 spiro atoms. The predicted octanol–water partition coefficient (Wildman–Crippen LogP) is 3.34. The fourth-order valence-corrected chi connectivity index (χ4v) is 5.32. The van der Waals surface area contributed by atoms with Crippen molar-refractivity contribution >= 4 is 33.2 Å². The number of hydrogen-bond acceptors (Lipinski definition) is 5. The molecule has 7 nitrogen and oxygen atoms in total. The van der Waals surface area contributed by atoms with Crippen LogP contribution in [0.1, 0.15) is 30.0 Å². The Hall–Kier alpha value is -2.13. The number of nitrogens with one attached hydrogen (secondary N) is 1. The first-order valence-corrected chi connectivity index (χ1v) is 13.3. The summed E-state index contributed by atoms with van der Waals surface area (Å²) in [5, 5.41) is 3.37. The van der Waals surface area contributed by atoms with E-state index in [4.69, 9.17) is 16.3 Å². The highest BCUT2D eigenvalue weighted by molar-refractivity contribution is 7.92. The van der Waals surface area contributed by atoms with Crippen molar-refractivity contribution in [1.82, 2.24) is 10.2 Å². The summed E-state index contributed by atoms with van der Waals surface area (Å²) >= 11 is 6.23. The lowest BCUT2D eigenvalue weighted by Crippen LogP contribution is -2.49. The number of carbonyl (C=O) groups is 1. The number of anilines is 1. The predicted molar refractivity (Wildman–Crippen MR) is 132 cm³/mol. The number of sulfonamides is 1. The first-order chi connectivity index (χ1) is 15.7. The van der Waals surface area contributed by atoms with Crippen molar-refractivity contribution in [3.8, 4) is 0 Å². The molecule has 2 aromatic carbocycles. The summed E-state index contributed by atoms with van der Waals surface area (Å²) in [6.07, 6.45) is 1.42. The van der Waals surface area contributed by atoms with E-state index in [0.29, 0.717) is 23.7 Å². The van der Waals surface area contributed by atoms with Gasteiger partial charge in [-0.15, -0.1) is 0 Å². The smallest absolute Gasteiger partial charge is 0.244 e. The highest BCUT2D eigenvalue weighted by atomic mass is 35.5. The Bertz CT molecular complexity index is 1070. The quantitative estimate of drug-likeness (QED) is 0.579. The van der Waals surface area contributed by atoms with Gasteiger partial charge in [0.05, 0.1) is 25.2 Å². The van der Waals surface area contributed by atoms with Gasteiger partial charge in [-0.3, -0.25) is 14.0 Å². The summed E-state index contributed by atoms with van der Waals surface area (Å²) in [6.45, 7) is 8.09. The fraction of sp³-hybridized carbons (Fsp3) is 0.458. The van der Waals surface area contributed by atoms with E-state index >= 15 is 0 Å². The van der Waals surface area contributed by atoms with Crippen molar-refractivity contribution in [3.63, 3.8) is 0 Å². The largest absolute Gasteiger partial charge is 0.379 e. The maximum atomic E-state index is 13.1. The molecule has 33 heavy (non-hydrogen) atoms. The molecule has 9 heteroatoms. The fourth-order valence-electron chi connectivity index (χ4n) is 3.94. The summed E-state index contributed by atoms with van der Waals surface area (Å²) in [6, 6.07) is 12.2. The minimum Gasteiger partial charge on any atom is -0.379 e. The van der Waals surface area contributed by atoms with E-state index in [-0.39, 0.29) is 5.91 Å². The molecule has 1 atom stereocenters. The van der Waals surface area contributed by atoms with Crippen LogP contribution in [0.25, 0.3) is 0 Å². The molecule has 3 rings (SSSR count). The van der Waals surface area contributed by atoms with E-state index in [1.54, 1.807) is 25.1 Å². The second-order valence-corrected chi connectivity index (χ2v) is 10.6. The summed E-state index contributed by atoms with van der Waals surface area (Å²) in [5.74, 6) is -0.349. The Morgan fingerprint density at radius 1 is 1.18 bits per heavy atom. The number of hydrogen-bond donors (Lipinski definition) is 1. The van der Waals surface area contributed by atoms with E-state index in [2.05, 4.69) is 22.3 Å². The molecule has 0 unspecified atom stereocenters. The van der Waals surface area contributed by atoms with Crippen LogP contribution in [0.5, 0.6) is 0 Å². The minimum absolute atomic E-state index is 0.318. The number of carbonyl (C=O) groups excluding carboxylic acids is 1. The third kappa shape index (κ3) is 6.93. The Kier molecular flexibility index (Phi) is 8.75. The van der Waals surface area contributed by atoms with Gasteiger partial charge >= 0.3 is 0 Å². The number of amides is 1.